The van der Waals surface area contributed by atoms with Gasteiger partial charge in [0.05, 0.1) is 12.2 Å². The maximum absolute atomic E-state index is 11.6. The quantitative estimate of drug-likeness (QED) is 0.854. The highest BCUT2D eigenvalue weighted by atomic mass is 16.2. The van der Waals surface area contributed by atoms with Crippen LogP contribution in [0.4, 0.5) is 0 Å². The molecule has 0 aromatic carbocycles. The van der Waals surface area contributed by atoms with Crippen molar-refractivity contribution in [2.45, 2.75) is 13.5 Å². The lowest BCUT2D eigenvalue weighted by Crippen LogP contribution is -2.35. The summed E-state index contributed by atoms with van der Waals surface area (Å²) in [5.41, 5.74) is 2.65. The second-order valence-electron chi connectivity index (χ2n) is 4.43. The van der Waals surface area contributed by atoms with Gasteiger partial charge in [-0.15, -0.1) is 0 Å². The van der Waals surface area contributed by atoms with Crippen molar-refractivity contribution in [1.29, 1.82) is 0 Å². The number of hydrogen-bond acceptors (Lipinski definition) is 4. The average Bonchev–Trinajstić information content (AvgIpc) is 2.52. The third-order valence-corrected chi connectivity index (χ3v) is 2.82. The molecule has 0 fully saturated rings. The molecule has 0 atom stereocenters. The minimum atomic E-state index is -0.241. The summed E-state index contributed by atoms with van der Waals surface area (Å²) in [6, 6.07) is 7.46. The molecule has 0 spiro atoms. The lowest BCUT2D eigenvalue weighted by Gasteiger charge is -2.10. The number of hydrogen-bond donors (Lipinski definition) is 2. The number of rotatable bonds is 5. The van der Waals surface area contributed by atoms with Gasteiger partial charge >= 0.3 is 0 Å². The van der Waals surface area contributed by atoms with Crippen LogP contribution in [0.2, 0.25) is 0 Å². The van der Waals surface area contributed by atoms with Crippen molar-refractivity contribution in [2.24, 2.45) is 0 Å². The molecule has 0 radical (unpaired) electrons. The molecule has 6 heteroatoms. The van der Waals surface area contributed by atoms with E-state index < -0.39 is 0 Å². The molecule has 21 heavy (non-hydrogen) atoms. The smallest absolute Gasteiger partial charge is 0.239 e. The molecule has 2 N–H and O–H groups in total. The van der Waals surface area contributed by atoms with Crippen LogP contribution in [-0.4, -0.2) is 28.3 Å². The zero-order valence-corrected chi connectivity index (χ0v) is 11.7. The van der Waals surface area contributed by atoms with Gasteiger partial charge in [0.25, 0.3) is 0 Å². The Hall–Kier alpha value is -2.76. The Bertz CT molecular complexity index is 629. The van der Waals surface area contributed by atoms with Crippen molar-refractivity contribution in [1.82, 2.24) is 20.6 Å². The van der Waals surface area contributed by atoms with Gasteiger partial charge in [0.2, 0.25) is 11.8 Å². The van der Waals surface area contributed by atoms with Gasteiger partial charge in [-0.2, -0.15) is 0 Å². The maximum atomic E-state index is 11.6. The zero-order chi connectivity index (χ0) is 15.1. The molecule has 108 valence electrons. The number of aromatic nitrogens is 2. The van der Waals surface area contributed by atoms with Gasteiger partial charge in [0.15, 0.2) is 0 Å². The first kappa shape index (κ1) is 14.6. The Morgan fingerprint density at radius 3 is 2.57 bits per heavy atom. The highest BCUT2D eigenvalue weighted by molar-refractivity contribution is 5.83. The first-order chi connectivity index (χ1) is 10.2. The van der Waals surface area contributed by atoms with Crippen molar-refractivity contribution in [3.63, 3.8) is 0 Å². The van der Waals surface area contributed by atoms with Crippen LogP contribution in [0.1, 0.15) is 12.5 Å². The molecule has 2 amide bonds. The SMILES string of the molecule is CC(=O)NCC(=O)NCc1cccnc1-c1ccncc1. The zero-order valence-electron chi connectivity index (χ0n) is 11.7. The molecule has 0 aliphatic rings. The molecule has 0 aliphatic carbocycles. The Morgan fingerprint density at radius 1 is 1.10 bits per heavy atom. The first-order valence-electron chi connectivity index (χ1n) is 6.52. The Balaban J connectivity index is 2.04. The summed E-state index contributed by atoms with van der Waals surface area (Å²) in [5, 5.41) is 5.21. The van der Waals surface area contributed by atoms with Gasteiger partial charge < -0.3 is 10.6 Å². The molecule has 2 heterocycles. The first-order valence-corrected chi connectivity index (χ1v) is 6.52. The number of nitrogens with one attached hydrogen (secondary N) is 2. The van der Waals surface area contributed by atoms with Crippen LogP contribution in [0.15, 0.2) is 42.9 Å². The van der Waals surface area contributed by atoms with Crippen molar-refractivity contribution in [3.05, 3.63) is 48.4 Å². The maximum Gasteiger partial charge on any atom is 0.239 e. The van der Waals surface area contributed by atoms with E-state index >= 15 is 0 Å². The normalized spacial score (nSPS) is 9.95. The van der Waals surface area contributed by atoms with Crippen LogP contribution in [0.5, 0.6) is 0 Å². The highest BCUT2D eigenvalue weighted by Gasteiger charge is 2.08. The van der Waals surface area contributed by atoms with E-state index in [4.69, 9.17) is 0 Å². The summed E-state index contributed by atoms with van der Waals surface area (Å²) in [5.74, 6) is -0.473. The van der Waals surface area contributed by atoms with Crippen molar-refractivity contribution in [3.8, 4) is 11.3 Å². The summed E-state index contributed by atoms with van der Waals surface area (Å²) in [6.07, 6.45) is 5.10. The van der Waals surface area contributed by atoms with Crippen LogP contribution in [0.25, 0.3) is 11.3 Å². The van der Waals surface area contributed by atoms with E-state index in [1.165, 1.54) is 6.92 Å². The topological polar surface area (TPSA) is 84.0 Å². The van der Waals surface area contributed by atoms with Crippen molar-refractivity contribution in [2.75, 3.05) is 6.54 Å². The second-order valence-corrected chi connectivity index (χ2v) is 4.43. The fourth-order valence-corrected chi connectivity index (χ4v) is 1.81. The van der Waals surface area contributed by atoms with Crippen molar-refractivity contribution < 1.29 is 9.59 Å². The van der Waals surface area contributed by atoms with Crippen LogP contribution in [-0.2, 0) is 16.1 Å². The molecular weight excluding hydrogens is 268 g/mol. The molecule has 2 aromatic rings. The van der Waals surface area contributed by atoms with Crippen LogP contribution in [0.3, 0.4) is 0 Å². The fourth-order valence-electron chi connectivity index (χ4n) is 1.81. The van der Waals surface area contributed by atoms with Gasteiger partial charge in [-0.1, -0.05) is 6.07 Å². The Kier molecular flexibility index (Phi) is 4.98. The Labute approximate surface area is 122 Å². The second kappa shape index (κ2) is 7.14. The lowest BCUT2D eigenvalue weighted by molar-refractivity contribution is -0.125. The number of carbonyl (C=O) groups excluding carboxylic acids is 2. The lowest BCUT2D eigenvalue weighted by atomic mass is 10.1. The van der Waals surface area contributed by atoms with E-state index in [1.807, 2.05) is 24.3 Å². The van der Waals surface area contributed by atoms with Gasteiger partial charge in [0, 0.05) is 37.6 Å². The number of pyridine rings is 2. The molecule has 0 unspecified atom stereocenters. The summed E-state index contributed by atoms with van der Waals surface area (Å²) in [6.45, 7) is 1.69. The standard InChI is InChI=1S/C15H16N4O2/c1-11(20)18-10-14(21)19-9-13-3-2-6-17-15(13)12-4-7-16-8-5-12/h2-8H,9-10H2,1H3,(H,18,20)(H,19,21). The van der Waals surface area contributed by atoms with Gasteiger partial charge in [-0.25, -0.2) is 0 Å². The van der Waals surface area contributed by atoms with Crippen LogP contribution >= 0.6 is 0 Å². The predicted molar refractivity (Wildman–Crippen MR) is 78.0 cm³/mol. The van der Waals surface area contributed by atoms with E-state index in [9.17, 15) is 9.59 Å². The van der Waals surface area contributed by atoms with Crippen LogP contribution < -0.4 is 10.6 Å². The minimum absolute atomic E-state index is 0.0276. The summed E-state index contributed by atoms with van der Waals surface area (Å²) in [7, 11) is 0. The molecule has 2 rings (SSSR count). The van der Waals surface area contributed by atoms with E-state index in [0.717, 1.165) is 16.8 Å². The van der Waals surface area contributed by atoms with E-state index in [-0.39, 0.29) is 18.4 Å². The molecule has 6 nitrogen and oxygen atoms in total. The largest absolute Gasteiger partial charge is 0.350 e. The molecule has 0 saturated carbocycles. The number of carbonyl (C=O) groups is 2. The average molecular weight is 284 g/mol. The summed E-state index contributed by atoms with van der Waals surface area (Å²) < 4.78 is 0. The third kappa shape index (κ3) is 4.38. The van der Waals surface area contributed by atoms with Gasteiger partial charge in [0.1, 0.15) is 0 Å². The highest BCUT2D eigenvalue weighted by Crippen LogP contribution is 2.19. The molecule has 0 saturated heterocycles. The Morgan fingerprint density at radius 2 is 1.86 bits per heavy atom. The van der Waals surface area contributed by atoms with Crippen molar-refractivity contribution >= 4 is 11.8 Å². The van der Waals surface area contributed by atoms with Gasteiger partial charge in [-0.3, -0.25) is 19.6 Å². The molecular formula is C15H16N4O2. The van der Waals surface area contributed by atoms with Crippen LogP contribution in [0, 0.1) is 0 Å². The van der Waals surface area contributed by atoms with Gasteiger partial charge in [-0.05, 0) is 23.8 Å². The molecule has 0 aliphatic heterocycles. The monoisotopic (exact) mass is 284 g/mol. The summed E-state index contributed by atoms with van der Waals surface area (Å²) in [4.78, 5) is 30.7. The van der Waals surface area contributed by atoms with E-state index in [1.54, 1.807) is 18.6 Å². The molecule has 2 aromatic heterocycles. The van der Waals surface area contributed by atoms with E-state index in [0.29, 0.717) is 6.54 Å². The third-order valence-electron chi connectivity index (χ3n) is 2.82. The summed E-state index contributed by atoms with van der Waals surface area (Å²) >= 11 is 0. The van der Waals surface area contributed by atoms with E-state index in [2.05, 4.69) is 20.6 Å². The number of nitrogens with zero attached hydrogens (tertiary/aromatic N) is 2. The predicted octanol–water partition coefficient (Wildman–Crippen LogP) is 0.896. The molecule has 0 bridgehead atoms. The number of amides is 2. The minimum Gasteiger partial charge on any atom is -0.350 e. The fraction of sp³-hybridized carbons (Fsp3) is 0.200.